The van der Waals surface area contributed by atoms with E-state index in [9.17, 15) is 4.79 Å². The molecule has 3 heteroatoms. The lowest BCUT2D eigenvalue weighted by Gasteiger charge is -2.36. The second-order valence-corrected chi connectivity index (χ2v) is 6.75. The van der Waals surface area contributed by atoms with Gasteiger partial charge in [0.1, 0.15) is 0 Å². The summed E-state index contributed by atoms with van der Waals surface area (Å²) in [4.78, 5) is 14.9. The first-order valence-corrected chi connectivity index (χ1v) is 7.71. The van der Waals surface area contributed by atoms with Crippen molar-refractivity contribution in [2.75, 3.05) is 13.1 Å². The summed E-state index contributed by atoms with van der Waals surface area (Å²) >= 11 is 0. The first-order chi connectivity index (χ1) is 8.66. The van der Waals surface area contributed by atoms with Crippen LogP contribution in [0.3, 0.4) is 0 Å². The van der Waals surface area contributed by atoms with Gasteiger partial charge in [-0.05, 0) is 63.2 Å². The molecule has 2 atom stereocenters. The van der Waals surface area contributed by atoms with Crippen LogP contribution in [0.15, 0.2) is 0 Å². The van der Waals surface area contributed by atoms with Gasteiger partial charge in [0, 0.05) is 25.0 Å². The van der Waals surface area contributed by atoms with E-state index in [0.29, 0.717) is 17.7 Å². The molecular formula is C15H26N2O. The van der Waals surface area contributed by atoms with Crippen molar-refractivity contribution in [2.24, 2.45) is 29.4 Å². The molecule has 1 amide bonds. The lowest BCUT2D eigenvalue weighted by atomic mass is 9.89. The number of nitrogens with zero attached hydrogens (tertiary/aromatic N) is 1. The van der Waals surface area contributed by atoms with Gasteiger partial charge in [-0.2, -0.15) is 0 Å². The minimum Gasteiger partial charge on any atom is -0.342 e. The number of piperidine rings is 1. The summed E-state index contributed by atoms with van der Waals surface area (Å²) in [6, 6.07) is 0.223. The monoisotopic (exact) mass is 250 g/mol. The summed E-state index contributed by atoms with van der Waals surface area (Å²) in [5.74, 6) is 2.80. The maximum absolute atomic E-state index is 12.7. The number of carbonyl (C=O) groups is 1. The molecule has 2 N–H and O–H groups in total. The van der Waals surface area contributed by atoms with Gasteiger partial charge in [0.05, 0.1) is 0 Å². The lowest BCUT2D eigenvalue weighted by Crippen LogP contribution is -2.47. The van der Waals surface area contributed by atoms with Gasteiger partial charge in [0.2, 0.25) is 5.91 Å². The Morgan fingerprint density at radius 2 is 1.72 bits per heavy atom. The Kier molecular flexibility index (Phi) is 3.35. The second kappa shape index (κ2) is 4.84. The Morgan fingerprint density at radius 3 is 2.22 bits per heavy atom. The van der Waals surface area contributed by atoms with Crippen molar-refractivity contribution in [3.63, 3.8) is 0 Å². The van der Waals surface area contributed by atoms with Crippen LogP contribution in [-0.4, -0.2) is 29.9 Å². The number of rotatable bonds is 4. The smallest absolute Gasteiger partial charge is 0.226 e. The molecule has 3 nitrogen and oxygen atoms in total. The van der Waals surface area contributed by atoms with Crippen molar-refractivity contribution in [3.8, 4) is 0 Å². The van der Waals surface area contributed by atoms with Crippen LogP contribution in [0.1, 0.15) is 45.4 Å². The Hall–Kier alpha value is -0.570. The number of hydrogen-bond acceptors (Lipinski definition) is 2. The molecule has 102 valence electrons. The molecule has 2 saturated carbocycles. The van der Waals surface area contributed by atoms with Gasteiger partial charge in [-0.25, -0.2) is 0 Å². The second-order valence-electron chi connectivity index (χ2n) is 6.75. The maximum Gasteiger partial charge on any atom is 0.226 e. The zero-order valence-corrected chi connectivity index (χ0v) is 11.5. The minimum atomic E-state index is 0.223. The number of likely N-dealkylation sites (tertiary alicyclic amines) is 1. The fourth-order valence-electron chi connectivity index (χ4n) is 3.55. The highest BCUT2D eigenvalue weighted by atomic mass is 16.2. The van der Waals surface area contributed by atoms with E-state index in [1.165, 1.54) is 32.1 Å². The van der Waals surface area contributed by atoms with Gasteiger partial charge < -0.3 is 10.6 Å². The zero-order chi connectivity index (χ0) is 12.7. The number of hydrogen-bond donors (Lipinski definition) is 1. The predicted molar refractivity (Wildman–Crippen MR) is 71.9 cm³/mol. The molecule has 0 aromatic heterocycles. The van der Waals surface area contributed by atoms with Crippen molar-refractivity contribution in [2.45, 2.75) is 51.5 Å². The zero-order valence-electron chi connectivity index (χ0n) is 11.5. The van der Waals surface area contributed by atoms with Gasteiger partial charge in [-0.3, -0.25) is 4.79 Å². The number of amides is 1. The van der Waals surface area contributed by atoms with E-state index in [1.54, 1.807) is 0 Å². The molecule has 0 aromatic carbocycles. The van der Waals surface area contributed by atoms with Crippen molar-refractivity contribution >= 4 is 5.91 Å². The van der Waals surface area contributed by atoms with Crippen LogP contribution in [-0.2, 0) is 4.79 Å². The standard InChI is InChI=1S/C15H26N2O/c1-10(16)13-3-2-8-17(9-13)15(18)14(11-4-5-11)12-6-7-12/h10-14H,2-9,16H2,1H3. The largest absolute Gasteiger partial charge is 0.342 e. The Morgan fingerprint density at radius 1 is 1.11 bits per heavy atom. The Bertz CT molecular complexity index is 308. The summed E-state index contributed by atoms with van der Waals surface area (Å²) in [6.45, 7) is 3.96. The molecule has 0 radical (unpaired) electrons. The van der Waals surface area contributed by atoms with Crippen LogP contribution in [0.25, 0.3) is 0 Å². The molecule has 18 heavy (non-hydrogen) atoms. The van der Waals surface area contributed by atoms with Gasteiger partial charge in [-0.1, -0.05) is 0 Å². The SMILES string of the molecule is CC(N)C1CCCN(C(=O)C(C2CC2)C2CC2)C1. The van der Waals surface area contributed by atoms with Crippen molar-refractivity contribution in [3.05, 3.63) is 0 Å². The first kappa shape index (κ1) is 12.5. The molecule has 1 heterocycles. The van der Waals surface area contributed by atoms with Crippen LogP contribution >= 0.6 is 0 Å². The van der Waals surface area contributed by atoms with E-state index in [-0.39, 0.29) is 6.04 Å². The highest BCUT2D eigenvalue weighted by Gasteiger charge is 2.47. The van der Waals surface area contributed by atoms with E-state index in [1.807, 2.05) is 0 Å². The minimum absolute atomic E-state index is 0.223. The third kappa shape index (κ3) is 2.56. The predicted octanol–water partition coefficient (Wildman–Crippen LogP) is 2.01. The Balaban J connectivity index is 1.63. The van der Waals surface area contributed by atoms with Crippen LogP contribution < -0.4 is 5.73 Å². The third-order valence-electron chi connectivity index (χ3n) is 5.06. The average Bonchev–Trinajstić information content (AvgIpc) is 3.23. The van der Waals surface area contributed by atoms with Gasteiger partial charge in [-0.15, -0.1) is 0 Å². The van der Waals surface area contributed by atoms with Crippen molar-refractivity contribution < 1.29 is 4.79 Å². The van der Waals surface area contributed by atoms with E-state index in [4.69, 9.17) is 5.73 Å². The van der Waals surface area contributed by atoms with E-state index >= 15 is 0 Å². The van der Waals surface area contributed by atoms with E-state index in [0.717, 1.165) is 31.3 Å². The summed E-state index contributed by atoms with van der Waals surface area (Å²) in [7, 11) is 0. The molecule has 1 saturated heterocycles. The van der Waals surface area contributed by atoms with Gasteiger partial charge in [0.25, 0.3) is 0 Å². The van der Waals surface area contributed by atoms with E-state index in [2.05, 4.69) is 11.8 Å². The highest BCUT2D eigenvalue weighted by molar-refractivity contribution is 5.80. The van der Waals surface area contributed by atoms with Gasteiger partial charge in [0.15, 0.2) is 0 Å². The molecule has 3 rings (SSSR count). The molecule has 0 bridgehead atoms. The molecule has 1 aliphatic heterocycles. The number of carbonyl (C=O) groups excluding carboxylic acids is 1. The van der Waals surface area contributed by atoms with E-state index < -0.39 is 0 Å². The van der Waals surface area contributed by atoms with Crippen LogP contribution in [0.2, 0.25) is 0 Å². The fraction of sp³-hybridized carbons (Fsp3) is 0.933. The highest BCUT2D eigenvalue weighted by Crippen LogP contribution is 2.50. The quantitative estimate of drug-likeness (QED) is 0.829. The lowest BCUT2D eigenvalue weighted by molar-refractivity contribution is -0.139. The number of nitrogens with two attached hydrogens (primary N) is 1. The maximum atomic E-state index is 12.7. The first-order valence-electron chi connectivity index (χ1n) is 7.71. The third-order valence-corrected chi connectivity index (χ3v) is 5.06. The van der Waals surface area contributed by atoms with Crippen molar-refractivity contribution in [1.82, 2.24) is 4.90 Å². The molecular weight excluding hydrogens is 224 g/mol. The van der Waals surface area contributed by atoms with Crippen LogP contribution in [0.4, 0.5) is 0 Å². The summed E-state index contributed by atoms with van der Waals surface area (Å²) in [5, 5.41) is 0. The van der Waals surface area contributed by atoms with Crippen molar-refractivity contribution in [1.29, 1.82) is 0 Å². The van der Waals surface area contributed by atoms with Crippen LogP contribution in [0, 0.1) is 23.7 Å². The Labute approximate surface area is 110 Å². The topological polar surface area (TPSA) is 46.3 Å². The average molecular weight is 250 g/mol. The van der Waals surface area contributed by atoms with Crippen LogP contribution in [0.5, 0.6) is 0 Å². The molecule has 0 aromatic rings. The normalized spacial score (nSPS) is 30.6. The fourth-order valence-corrected chi connectivity index (χ4v) is 3.55. The van der Waals surface area contributed by atoms with Gasteiger partial charge >= 0.3 is 0 Å². The molecule has 2 aliphatic carbocycles. The summed E-state index contributed by atoms with van der Waals surface area (Å²) < 4.78 is 0. The summed E-state index contributed by atoms with van der Waals surface area (Å²) in [6.07, 6.45) is 7.49. The molecule has 2 unspecified atom stereocenters. The molecule has 3 aliphatic rings. The summed E-state index contributed by atoms with van der Waals surface area (Å²) in [5.41, 5.74) is 6.01. The molecule has 0 spiro atoms. The molecule has 3 fully saturated rings.